The standard InChI is InChI=1S/C15H21FN2O2/c1-20-14-6-4-11(9-13(14)16)5-7-15(19)18-12-3-2-8-17-10-12/h4,6,9,12,17H,2-3,5,7-8,10H2,1H3,(H,18,19). The Labute approximate surface area is 118 Å². The van der Waals surface area contributed by atoms with E-state index in [9.17, 15) is 9.18 Å². The number of hydrogen-bond acceptors (Lipinski definition) is 3. The first kappa shape index (κ1) is 14.8. The molecule has 1 aliphatic heterocycles. The van der Waals surface area contributed by atoms with Crippen LogP contribution in [0.15, 0.2) is 18.2 Å². The van der Waals surface area contributed by atoms with Crippen LogP contribution in [0.4, 0.5) is 4.39 Å². The number of benzene rings is 1. The summed E-state index contributed by atoms with van der Waals surface area (Å²) < 4.78 is 18.4. The zero-order valence-electron chi connectivity index (χ0n) is 11.7. The third-order valence-corrected chi connectivity index (χ3v) is 3.52. The molecule has 4 nitrogen and oxygen atoms in total. The van der Waals surface area contributed by atoms with Crippen molar-refractivity contribution < 1.29 is 13.9 Å². The number of hydrogen-bond donors (Lipinski definition) is 2. The van der Waals surface area contributed by atoms with Crippen LogP contribution < -0.4 is 15.4 Å². The van der Waals surface area contributed by atoms with Gasteiger partial charge in [0.1, 0.15) is 0 Å². The Hall–Kier alpha value is -1.62. The van der Waals surface area contributed by atoms with E-state index in [-0.39, 0.29) is 23.5 Å². The lowest BCUT2D eigenvalue weighted by Gasteiger charge is -2.23. The second-order valence-electron chi connectivity index (χ2n) is 5.08. The van der Waals surface area contributed by atoms with Crippen LogP contribution in [-0.4, -0.2) is 32.1 Å². The molecule has 1 aromatic rings. The fraction of sp³-hybridized carbons (Fsp3) is 0.533. The number of ether oxygens (including phenoxy) is 1. The predicted octanol–water partition coefficient (Wildman–Crippen LogP) is 1.64. The molecule has 0 radical (unpaired) electrons. The molecule has 1 heterocycles. The maximum atomic E-state index is 13.5. The third kappa shape index (κ3) is 4.20. The van der Waals surface area contributed by atoms with Crippen molar-refractivity contribution in [2.75, 3.05) is 20.2 Å². The number of halogens is 1. The number of carbonyl (C=O) groups excluding carboxylic acids is 1. The number of methoxy groups -OCH3 is 1. The molecular formula is C15H21FN2O2. The highest BCUT2D eigenvalue weighted by atomic mass is 19.1. The molecule has 1 saturated heterocycles. The smallest absolute Gasteiger partial charge is 0.220 e. The number of piperidine rings is 1. The summed E-state index contributed by atoms with van der Waals surface area (Å²) in [6, 6.07) is 5.03. The summed E-state index contributed by atoms with van der Waals surface area (Å²) in [6.45, 7) is 1.86. The van der Waals surface area contributed by atoms with Crippen molar-refractivity contribution in [3.05, 3.63) is 29.6 Å². The summed E-state index contributed by atoms with van der Waals surface area (Å²) in [6.07, 6.45) is 3.03. The number of rotatable bonds is 5. The van der Waals surface area contributed by atoms with Gasteiger partial charge in [-0.15, -0.1) is 0 Å². The third-order valence-electron chi connectivity index (χ3n) is 3.52. The van der Waals surface area contributed by atoms with Gasteiger partial charge in [0.25, 0.3) is 0 Å². The molecule has 0 aromatic heterocycles. The van der Waals surface area contributed by atoms with Crippen LogP contribution in [0.5, 0.6) is 5.75 Å². The van der Waals surface area contributed by atoms with Crippen LogP contribution in [0, 0.1) is 5.82 Å². The summed E-state index contributed by atoms with van der Waals surface area (Å²) in [4.78, 5) is 11.8. The number of aryl methyl sites for hydroxylation is 1. The van der Waals surface area contributed by atoms with Gasteiger partial charge in [0.15, 0.2) is 11.6 Å². The molecule has 2 rings (SSSR count). The Kier molecular flexibility index (Phi) is 5.35. The maximum Gasteiger partial charge on any atom is 0.220 e. The fourth-order valence-electron chi connectivity index (χ4n) is 2.40. The molecule has 2 N–H and O–H groups in total. The molecule has 1 unspecified atom stereocenters. The van der Waals surface area contributed by atoms with Crippen LogP contribution >= 0.6 is 0 Å². The van der Waals surface area contributed by atoms with E-state index < -0.39 is 0 Å². The van der Waals surface area contributed by atoms with Gasteiger partial charge in [0.2, 0.25) is 5.91 Å². The van der Waals surface area contributed by atoms with Crippen LogP contribution in [0.2, 0.25) is 0 Å². The van der Waals surface area contributed by atoms with E-state index in [0.717, 1.165) is 31.5 Å². The number of amides is 1. The normalized spacial score (nSPS) is 18.6. The van der Waals surface area contributed by atoms with Gasteiger partial charge in [-0.25, -0.2) is 4.39 Å². The molecule has 0 spiro atoms. The van der Waals surface area contributed by atoms with Crippen LogP contribution in [0.25, 0.3) is 0 Å². The van der Waals surface area contributed by atoms with Crippen molar-refractivity contribution in [1.82, 2.24) is 10.6 Å². The number of nitrogens with one attached hydrogen (secondary N) is 2. The Morgan fingerprint density at radius 1 is 1.55 bits per heavy atom. The average molecular weight is 280 g/mol. The lowest BCUT2D eigenvalue weighted by atomic mass is 10.1. The zero-order chi connectivity index (χ0) is 14.4. The Bertz CT molecular complexity index is 459. The largest absolute Gasteiger partial charge is 0.494 e. The highest BCUT2D eigenvalue weighted by molar-refractivity contribution is 5.76. The van der Waals surface area contributed by atoms with Gasteiger partial charge in [-0.05, 0) is 43.5 Å². The molecule has 1 atom stereocenters. The first-order valence-corrected chi connectivity index (χ1v) is 7.01. The molecular weight excluding hydrogens is 259 g/mol. The first-order chi connectivity index (χ1) is 9.69. The highest BCUT2D eigenvalue weighted by Gasteiger charge is 2.15. The van der Waals surface area contributed by atoms with Gasteiger partial charge in [0.05, 0.1) is 7.11 Å². The van der Waals surface area contributed by atoms with Crippen molar-refractivity contribution in [2.45, 2.75) is 31.7 Å². The summed E-state index contributed by atoms with van der Waals surface area (Å²) in [5.41, 5.74) is 0.806. The molecule has 110 valence electrons. The van der Waals surface area contributed by atoms with Gasteiger partial charge < -0.3 is 15.4 Å². The minimum atomic E-state index is -0.387. The molecule has 1 amide bonds. The molecule has 1 fully saturated rings. The molecule has 1 aliphatic rings. The van der Waals surface area contributed by atoms with Crippen LogP contribution in [0.3, 0.4) is 0 Å². The fourth-order valence-corrected chi connectivity index (χ4v) is 2.40. The Morgan fingerprint density at radius 2 is 2.40 bits per heavy atom. The van der Waals surface area contributed by atoms with E-state index in [2.05, 4.69) is 10.6 Å². The van der Waals surface area contributed by atoms with Gasteiger partial charge in [-0.3, -0.25) is 4.79 Å². The summed E-state index contributed by atoms with van der Waals surface area (Å²) >= 11 is 0. The molecule has 0 saturated carbocycles. The van der Waals surface area contributed by atoms with E-state index in [1.54, 1.807) is 12.1 Å². The van der Waals surface area contributed by atoms with Gasteiger partial charge in [-0.2, -0.15) is 0 Å². The van der Waals surface area contributed by atoms with Crippen molar-refractivity contribution >= 4 is 5.91 Å². The number of carbonyl (C=O) groups is 1. The average Bonchev–Trinajstić information content (AvgIpc) is 2.46. The molecule has 20 heavy (non-hydrogen) atoms. The van der Waals surface area contributed by atoms with E-state index in [4.69, 9.17) is 4.74 Å². The van der Waals surface area contributed by atoms with Crippen LogP contribution in [-0.2, 0) is 11.2 Å². The second kappa shape index (κ2) is 7.24. The van der Waals surface area contributed by atoms with Gasteiger partial charge in [-0.1, -0.05) is 6.07 Å². The quantitative estimate of drug-likeness (QED) is 0.862. The van der Waals surface area contributed by atoms with E-state index in [0.29, 0.717) is 12.8 Å². The molecule has 5 heteroatoms. The van der Waals surface area contributed by atoms with E-state index in [1.165, 1.54) is 13.2 Å². The molecule has 1 aromatic carbocycles. The lowest BCUT2D eigenvalue weighted by Crippen LogP contribution is -2.45. The summed E-state index contributed by atoms with van der Waals surface area (Å²) in [5.74, 6) is -0.136. The minimum absolute atomic E-state index is 0.0231. The van der Waals surface area contributed by atoms with Crippen molar-refractivity contribution in [2.24, 2.45) is 0 Å². The van der Waals surface area contributed by atoms with E-state index >= 15 is 0 Å². The molecule has 0 bridgehead atoms. The van der Waals surface area contributed by atoms with Crippen molar-refractivity contribution in [3.8, 4) is 5.75 Å². The first-order valence-electron chi connectivity index (χ1n) is 7.01. The second-order valence-corrected chi connectivity index (χ2v) is 5.08. The van der Waals surface area contributed by atoms with Gasteiger partial charge in [0, 0.05) is 19.0 Å². The van der Waals surface area contributed by atoms with E-state index in [1.807, 2.05) is 0 Å². The van der Waals surface area contributed by atoms with Gasteiger partial charge >= 0.3 is 0 Å². The monoisotopic (exact) mass is 280 g/mol. The Morgan fingerprint density at radius 3 is 3.05 bits per heavy atom. The predicted molar refractivity (Wildman–Crippen MR) is 75.3 cm³/mol. The highest BCUT2D eigenvalue weighted by Crippen LogP contribution is 2.18. The zero-order valence-corrected chi connectivity index (χ0v) is 11.7. The summed E-state index contributed by atoms with van der Waals surface area (Å²) in [5, 5.41) is 6.26. The minimum Gasteiger partial charge on any atom is -0.494 e. The SMILES string of the molecule is COc1ccc(CCC(=O)NC2CCCNC2)cc1F. The van der Waals surface area contributed by atoms with Crippen LogP contribution in [0.1, 0.15) is 24.8 Å². The lowest BCUT2D eigenvalue weighted by molar-refractivity contribution is -0.121. The summed E-state index contributed by atoms with van der Waals surface area (Å²) in [7, 11) is 1.43. The maximum absolute atomic E-state index is 13.5. The van der Waals surface area contributed by atoms with Crippen molar-refractivity contribution in [3.63, 3.8) is 0 Å². The topological polar surface area (TPSA) is 50.4 Å². The Balaban J connectivity index is 1.79. The molecule has 0 aliphatic carbocycles. The van der Waals surface area contributed by atoms with Crippen molar-refractivity contribution in [1.29, 1.82) is 0 Å².